The Balaban J connectivity index is 1.60. The SMILES string of the molecule is CS(=O)(=O)Nc1ccc(Cl)cc1C(=O)N1CCCN(CCCc2ccccc2)CC1. The third kappa shape index (κ3) is 6.72. The second-order valence-corrected chi connectivity index (χ2v) is 9.83. The molecule has 30 heavy (non-hydrogen) atoms. The third-order valence-electron chi connectivity index (χ3n) is 5.17. The van der Waals surface area contributed by atoms with Gasteiger partial charge >= 0.3 is 0 Å². The Morgan fingerprint density at radius 2 is 1.83 bits per heavy atom. The van der Waals surface area contributed by atoms with E-state index in [2.05, 4.69) is 33.9 Å². The number of nitrogens with zero attached hydrogens (tertiary/aromatic N) is 2. The smallest absolute Gasteiger partial charge is 0.256 e. The van der Waals surface area contributed by atoms with Crippen LogP contribution < -0.4 is 4.72 Å². The third-order valence-corrected chi connectivity index (χ3v) is 5.99. The predicted octanol–water partition coefficient (Wildman–Crippen LogP) is 3.49. The lowest BCUT2D eigenvalue weighted by atomic mass is 10.1. The van der Waals surface area contributed by atoms with Crippen molar-refractivity contribution in [3.63, 3.8) is 0 Å². The molecule has 0 saturated carbocycles. The van der Waals surface area contributed by atoms with Crippen LogP contribution in [-0.4, -0.2) is 63.1 Å². The van der Waals surface area contributed by atoms with E-state index in [1.807, 2.05) is 6.07 Å². The zero-order valence-corrected chi connectivity index (χ0v) is 18.8. The molecule has 8 heteroatoms. The molecule has 6 nitrogen and oxygen atoms in total. The number of rotatable bonds is 7. The summed E-state index contributed by atoms with van der Waals surface area (Å²) in [4.78, 5) is 17.3. The van der Waals surface area contributed by atoms with Crippen LogP contribution in [-0.2, 0) is 16.4 Å². The molecule has 1 aliphatic heterocycles. The topological polar surface area (TPSA) is 69.7 Å². The van der Waals surface area contributed by atoms with Gasteiger partial charge in [-0.1, -0.05) is 41.9 Å². The van der Waals surface area contributed by atoms with Crippen molar-refractivity contribution in [3.05, 3.63) is 64.7 Å². The van der Waals surface area contributed by atoms with Gasteiger partial charge in [-0.15, -0.1) is 0 Å². The molecule has 2 aromatic rings. The number of sulfonamides is 1. The summed E-state index contributed by atoms with van der Waals surface area (Å²) >= 11 is 6.08. The van der Waals surface area contributed by atoms with Gasteiger partial charge in [-0.05, 0) is 56.1 Å². The largest absolute Gasteiger partial charge is 0.337 e. The van der Waals surface area contributed by atoms with Gasteiger partial charge in [-0.3, -0.25) is 9.52 Å². The maximum atomic E-state index is 13.1. The normalized spacial score (nSPS) is 15.6. The lowest BCUT2D eigenvalue weighted by molar-refractivity contribution is 0.0762. The number of carbonyl (C=O) groups excluding carboxylic acids is 1. The van der Waals surface area contributed by atoms with Gasteiger partial charge in [0.1, 0.15) is 0 Å². The fourth-order valence-electron chi connectivity index (χ4n) is 3.70. The second kappa shape index (κ2) is 10.3. The van der Waals surface area contributed by atoms with E-state index in [1.165, 1.54) is 17.7 Å². The zero-order valence-electron chi connectivity index (χ0n) is 17.2. The number of hydrogen-bond acceptors (Lipinski definition) is 4. The Labute approximate surface area is 183 Å². The van der Waals surface area contributed by atoms with E-state index in [-0.39, 0.29) is 17.2 Å². The number of aryl methyl sites for hydroxylation is 1. The molecule has 0 bridgehead atoms. The highest BCUT2D eigenvalue weighted by atomic mass is 35.5. The van der Waals surface area contributed by atoms with Gasteiger partial charge < -0.3 is 9.80 Å². The van der Waals surface area contributed by atoms with Gasteiger partial charge in [0.2, 0.25) is 10.0 Å². The molecule has 1 aliphatic rings. The minimum Gasteiger partial charge on any atom is -0.337 e. The fraction of sp³-hybridized carbons (Fsp3) is 0.409. The van der Waals surface area contributed by atoms with Crippen LogP contribution in [0, 0.1) is 0 Å². The molecule has 0 aliphatic carbocycles. The van der Waals surface area contributed by atoms with E-state index >= 15 is 0 Å². The zero-order chi connectivity index (χ0) is 21.6. The molecule has 3 rings (SSSR count). The molecule has 0 aromatic heterocycles. The van der Waals surface area contributed by atoms with Crippen molar-refractivity contribution in [1.82, 2.24) is 9.80 Å². The number of amides is 1. The molecule has 1 amide bonds. The van der Waals surface area contributed by atoms with Crippen molar-refractivity contribution in [2.45, 2.75) is 19.3 Å². The van der Waals surface area contributed by atoms with Crippen LogP contribution in [0.3, 0.4) is 0 Å². The van der Waals surface area contributed by atoms with Crippen molar-refractivity contribution < 1.29 is 13.2 Å². The summed E-state index contributed by atoms with van der Waals surface area (Å²) in [6.45, 7) is 3.99. The Morgan fingerprint density at radius 3 is 2.57 bits per heavy atom. The summed E-state index contributed by atoms with van der Waals surface area (Å²) < 4.78 is 25.7. The Hall–Kier alpha value is -2.09. The van der Waals surface area contributed by atoms with Gasteiger partial charge in [-0.25, -0.2) is 8.42 Å². The Morgan fingerprint density at radius 1 is 1.07 bits per heavy atom. The molecule has 1 heterocycles. The van der Waals surface area contributed by atoms with Gasteiger partial charge in [0.05, 0.1) is 17.5 Å². The maximum Gasteiger partial charge on any atom is 0.256 e. The molecule has 162 valence electrons. The van der Waals surface area contributed by atoms with E-state index < -0.39 is 10.0 Å². The van der Waals surface area contributed by atoms with Crippen LogP contribution in [0.25, 0.3) is 0 Å². The maximum absolute atomic E-state index is 13.1. The number of nitrogens with one attached hydrogen (secondary N) is 1. The molecule has 0 radical (unpaired) electrons. The Bertz CT molecular complexity index is 967. The molecule has 0 spiro atoms. The van der Waals surface area contributed by atoms with Crippen molar-refractivity contribution >= 4 is 33.2 Å². The first-order valence-corrected chi connectivity index (χ1v) is 12.4. The highest BCUT2D eigenvalue weighted by molar-refractivity contribution is 7.92. The molecule has 1 fully saturated rings. The minimum atomic E-state index is -3.50. The van der Waals surface area contributed by atoms with Gasteiger partial charge in [0.25, 0.3) is 5.91 Å². The van der Waals surface area contributed by atoms with E-state index in [0.717, 1.165) is 45.2 Å². The van der Waals surface area contributed by atoms with Gasteiger partial charge in [-0.2, -0.15) is 0 Å². The molecular formula is C22H28ClN3O3S. The summed E-state index contributed by atoms with van der Waals surface area (Å²) in [5.74, 6) is -0.199. The number of anilines is 1. The summed E-state index contributed by atoms with van der Waals surface area (Å²) in [7, 11) is -3.50. The van der Waals surface area contributed by atoms with Gasteiger partial charge in [0.15, 0.2) is 0 Å². The first-order chi connectivity index (χ1) is 14.3. The average Bonchev–Trinajstić information content (AvgIpc) is 2.94. The van der Waals surface area contributed by atoms with E-state index in [1.54, 1.807) is 11.0 Å². The molecule has 0 atom stereocenters. The van der Waals surface area contributed by atoms with Crippen molar-refractivity contribution in [2.24, 2.45) is 0 Å². The number of carbonyl (C=O) groups is 1. The highest BCUT2D eigenvalue weighted by Crippen LogP contribution is 2.24. The number of halogens is 1. The van der Waals surface area contributed by atoms with Crippen LogP contribution in [0.2, 0.25) is 5.02 Å². The summed E-state index contributed by atoms with van der Waals surface area (Å²) in [6.07, 6.45) is 4.07. The van der Waals surface area contributed by atoms with Crippen molar-refractivity contribution in [2.75, 3.05) is 43.7 Å². The van der Waals surface area contributed by atoms with E-state index in [4.69, 9.17) is 11.6 Å². The van der Waals surface area contributed by atoms with Crippen molar-refractivity contribution in [1.29, 1.82) is 0 Å². The Kier molecular flexibility index (Phi) is 7.75. The second-order valence-electron chi connectivity index (χ2n) is 7.64. The quantitative estimate of drug-likeness (QED) is 0.702. The van der Waals surface area contributed by atoms with Crippen LogP contribution >= 0.6 is 11.6 Å². The molecule has 0 unspecified atom stereocenters. The lowest BCUT2D eigenvalue weighted by Crippen LogP contribution is -2.36. The molecular weight excluding hydrogens is 422 g/mol. The van der Waals surface area contributed by atoms with E-state index in [9.17, 15) is 13.2 Å². The lowest BCUT2D eigenvalue weighted by Gasteiger charge is -2.23. The average molecular weight is 450 g/mol. The molecule has 1 N–H and O–H groups in total. The van der Waals surface area contributed by atoms with E-state index in [0.29, 0.717) is 18.1 Å². The first kappa shape index (κ1) is 22.6. The fourth-order valence-corrected chi connectivity index (χ4v) is 4.45. The highest BCUT2D eigenvalue weighted by Gasteiger charge is 2.23. The summed E-state index contributed by atoms with van der Waals surface area (Å²) in [6, 6.07) is 15.1. The molecule has 2 aromatic carbocycles. The van der Waals surface area contributed by atoms with Crippen LogP contribution in [0.15, 0.2) is 48.5 Å². The summed E-state index contributed by atoms with van der Waals surface area (Å²) in [5, 5.41) is 0.398. The number of hydrogen-bond donors (Lipinski definition) is 1. The van der Waals surface area contributed by atoms with Crippen LogP contribution in [0.5, 0.6) is 0 Å². The standard InChI is InChI=1S/C22H28ClN3O3S/c1-30(28,29)24-21-11-10-19(23)17-20(21)22(27)26-14-6-13-25(15-16-26)12-5-9-18-7-3-2-4-8-18/h2-4,7-8,10-11,17,24H,5-6,9,12-16H2,1H3. The van der Waals surface area contributed by atoms with Crippen molar-refractivity contribution in [3.8, 4) is 0 Å². The monoisotopic (exact) mass is 449 g/mol. The minimum absolute atomic E-state index is 0.199. The van der Waals surface area contributed by atoms with Gasteiger partial charge in [0, 0.05) is 24.7 Å². The summed E-state index contributed by atoms with van der Waals surface area (Å²) in [5.41, 5.74) is 1.89. The number of benzene rings is 2. The predicted molar refractivity (Wildman–Crippen MR) is 122 cm³/mol. The molecule has 1 saturated heterocycles. The van der Waals surface area contributed by atoms with Crippen LogP contribution in [0.1, 0.15) is 28.8 Å². The van der Waals surface area contributed by atoms with Crippen LogP contribution in [0.4, 0.5) is 5.69 Å². The first-order valence-electron chi connectivity index (χ1n) is 10.1.